The van der Waals surface area contributed by atoms with E-state index in [-0.39, 0.29) is 23.6 Å². The average Bonchev–Trinajstić information content (AvgIpc) is 2.29. The molecule has 4 nitrogen and oxygen atoms in total. The van der Waals surface area contributed by atoms with Crippen molar-refractivity contribution in [1.29, 1.82) is 0 Å². The van der Waals surface area contributed by atoms with Crippen LogP contribution in [0.5, 0.6) is 0 Å². The van der Waals surface area contributed by atoms with Gasteiger partial charge in [0.15, 0.2) is 0 Å². The molecule has 2 atom stereocenters. The van der Waals surface area contributed by atoms with Crippen molar-refractivity contribution in [2.24, 2.45) is 5.92 Å². The molecule has 0 rings (SSSR count). The summed E-state index contributed by atoms with van der Waals surface area (Å²) in [5, 5.41) is 12.6. The van der Waals surface area contributed by atoms with Crippen LogP contribution in [0.25, 0.3) is 0 Å². The highest BCUT2D eigenvalue weighted by molar-refractivity contribution is 6.84. The zero-order valence-corrected chi connectivity index (χ0v) is 16.8. The second kappa shape index (κ2) is 7.64. The summed E-state index contributed by atoms with van der Waals surface area (Å²) >= 11 is 0. The topological polar surface area (TPSA) is 58.6 Å². The van der Waals surface area contributed by atoms with Crippen LogP contribution in [-0.2, 0) is 4.74 Å². The van der Waals surface area contributed by atoms with Gasteiger partial charge in [-0.15, -0.1) is 0 Å². The number of amides is 1. The number of carbonyl (C=O) groups excluding carboxylic acids is 1. The van der Waals surface area contributed by atoms with Crippen LogP contribution < -0.4 is 5.32 Å². The third-order valence-electron chi connectivity index (χ3n) is 4.28. The summed E-state index contributed by atoms with van der Waals surface area (Å²) in [6.45, 7) is 18.8. The summed E-state index contributed by atoms with van der Waals surface area (Å²) in [6, 6.07) is -0.337. The van der Waals surface area contributed by atoms with Crippen molar-refractivity contribution in [3.8, 4) is 0 Å². The molecule has 5 heteroatoms. The number of aliphatic hydroxyl groups is 1. The van der Waals surface area contributed by atoms with Crippen LogP contribution in [0.4, 0.5) is 4.79 Å². The normalized spacial score (nSPS) is 16.5. The van der Waals surface area contributed by atoms with Crippen molar-refractivity contribution in [3.05, 3.63) is 11.8 Å². The maximum absolute atomic E-state index is 11.8. The summed E-state index contributed by atoms with van der Waals surface area (Å²) in [5.41, 5.74) is 1.77. The van der Waals surface area contributed by atoms with E-state index in [1.807, 2.05) is 27.7 Å². The molecule has 0 aromatic carbocycles. The number of ether oxygens (including phenoxy) is 1. The molecule has 0 aliphatic carbocycles. The van der Waals surface area contributed by atoms with E-state index in [1.165, 1.54) is 0 Å². The van der Waals surface area contributed by atoms with Crippen molar-refractivity contribution in [1.82, 2.24) is 5.32 Å². The SMILES string of the molecule is C[C@@H](/C=C/[Si](C)(C)C(C)(C)C)[C@@H](CO)NC(=O)OC(C)(C)C. The van der Waals surface area contributed by atoms with Gasteiger partial charge in [-0.25, -0.2) is 4.79 Å². The fraction of sp³-hybridized carbons (Fsp3) is 0.824. The van der Waals surface area contributed by atoms with E-state index in [1.54, 1.807) is 0 Å². The van der Waals surface area contributed by atoms with Crippen LogP contribution >= 0.6 is 0 Å². The Morgan fingerprint density at radius 2 is 1.73 bits per heavy atom. The van der Waals surface area contributed by atoms with Crippen molar-refractivity contribution < 1.29 is 14.6 Å². The molecule has 0 heterocycles. The number of hydrogen-bond donors (Lipinski definition) is 2. The maximum atomic E-state index is 11.8. The molecule has 0 saturated carbocycles. The predicted molar refractivity (Wildman–Crippen MR) is 95.7 cm³/mol. The van der Waals surface area contributed by atoms with Crippen LogP contribution in [0.2, 0.25) is 18.1 Å². The first-order valence-corrected chi connectivity index (χ1v) is 11.1. The summed E-state index contributed by atoms with van der Waals surface area (Å²) in [4.78, 5) is 11.8. The van der Waals surface area contributed by atoms with Crippen molar-refractivity contribution >= 4 is 14.2 Å². The molecule has 1 amide bonds. The zero-order chi connectivity index (χ0) is 17.8. The molecule has 0 spiro atoms. The second-order valence-electron chi connectivity index (χ2n) is 8.63. The van der Waals surface area contributed by atoms with Crippen LogP contribution in [0.15, 0.2) is 11.8 Å². The molecule has 22 heavy (non-hydrogen) atoms. The average molecular weight is 330 g/mol. The summed E-state index contributed by atoms with van der Waals surface area (Å²) in [6.07, 6.45) is 1.63. The minimum Gasteiger partial charge on any atom is -0.444 e. The Bertz CT molecular complexity index is 392. The molecular weight excluding hydrogens is 294 g/mol. The van der Waals surface area contributed by atoms with Crippen LogP contribution in [-0.4, -0.2) is 37.5 Å². The highest BCUT2D eigenvalue weighted by Crippen LogP contribution is 2.36. The van der Waals surface area contributed by atoms with Gasteiger partial charge in [-0.05, 0) is 31.7 Å². The van der Waals surface area contributed by atoms with Gasteiger partial charge in [0, 0.05) is 0 Å². The maximum Gasteiger partial charge on any atom is 0.407 e. The lowest BCUT2D eigenvalue weighted by atomic mass is 10.0. The monoisotopic (exact) mass is 329 g/mol. The molecule has 0 aliphatic heterocycles. The third kappa shape index (κ3) is 7.45. The summed E-state index contributed by atoms with van der Waals surface area (Å²) in [5.74, 6) is 0.0478. The lowest BCUT2D eigenvalue weighted by molar-refractivity contribution is 0.0468. The van der Waals surface area contributed by atoms with Gasteiger partial charge in [-0.3, -0.25) is 0 Å². The van der Waals surface area contributed by atoms with Crippen molar-refractivity contribution in [2.45, 2.75) is 78.2 Å². The van der Waals surface area contributed by atoms with Crippen molar-refractivity contribution in [3.63, 3.8) is 0 Å². The minimum absolute atomic E-state index is 0.0478. The standard InChI is InChI=1S/C17H35NO3Si/c1-13(10-11-22(8,9)17(5,6)7)14(12-19)18-15(20)21-16(2,3)4/h10-11,13-14,19H,12H2,1-9H3,(H,18,20)/b11-10+/t13-,14+/m0/s1. The number of alkyl carbamates (subject to hydrolysis) is 1. The molecule has 0 aromatic heterocycles. The molecule has 0 aliphatic rings. The molecule has 0 aromatic rings. The first-order valence-electron chi connectivity index (χ1n) is 7.99. The van der Waals surface area contributed by atoms with Gasteiger partial charge < -0.3 is 15.2 Å². The zero-order valence-electron chi connectivity index (χ0n) is 15.8. The van der Waals surface area contributed by atoms with Gasteiger partial charge in [0.1, 0.15) is 5.60 Å². The molecule has 0 fully saturated rings. The molecular formula is C17H35NO3Si. The number of hydrogen-bond acceptors (Lipinski definition) is 3. The number of rotatable bonds is 5. The second-order valence-corrected chi connectivity index (χ2v) is 13.9. The predicted octanol–water partition coefficient (Wildman–Crippen LogP) is 4.11. The van der Waals surface area contributed by atoms with E-state index in [0.717, 1.165) is 0 Å². The Labute approximate surface area is 137 Å². The molecule has 0 saturated heterocycles. The molecule has 2 N–H and O–H groups in total. The Morgan fingerprint density at radius 3 is 2.09 bits per heavy atom. The quantitative estimate of drug-likeness (QED) is 0.746. The number of carbonyl (C=O) groups is 1. The molecule has 0 radical (unpaired) electrons. The first-order chi connectivity index (χ1) is 9.69. The highest BCUT2D eigenvalue weighted by atomic mass is 28.3. The highest BCUT2D eigenvalue weighted by Gasteiger charge is 2.32. The largest absolute Gasteiger partial charge is 0.444 e. The van der Waals surface area contributed by atoms with Crippen LogP contribution in [0.3, 0.4) is 0 Å². The van der Waals surface area contributed by atoms with E-state index < -0.39 is 19.8 Å². The fourth-order valence-electron chi connectivity index (χ4n) is 1.58. The van der Waals surface area contributed by atoms with E-state index in [2.05, 4.69) is 51.0 Å². The lowest BCUT2D eigenvalue weighted by Gasteiger charge is -2.34. The Balaban J connectivity index is 4.80. The first kappa shape index (κ1) is 21.2. The minimum atomic E-state index is -1.51. The fourth-order valence-corrected chi connectivity index (χ4v) is 2.86. The van der Waals surface area contributed by atoms with E-state index >= 15 is 0 Å². The van der Waals surface area contributed by atoms with Gasteiger partial charge >= 0.3 is 6.09 Å². The molecule has 130 valence electrons. The third-order valence-corrected chi connectivity index (χ3v) is 9.17. The number of aliphatic hydroxyl groups excluding tert-OH is 1. The van der Waals surface area contributed by atoms with Gasteiger partial charge in [0.25, 0.3) is 0 Å². The molecule has 0 unspecified atom stereocenters. The summed E-state index contributed by atoms with van der Waals surface area (Å²) < 4.78 is 5.24. The Morgan fingerprint density at radius 1 is 1.23 bits per heavy atom. The van der Waals surface area contributed by atoms with E-state index in [4.69, 9.17) is 4.74 Å². The van der Waals surface area contributed by atoms with Gasteiger partial charge in [-0.1, -0.05) is 52.6 Å². The molecule has 0 bridgehead atoms. The smallest absolute Gasteiger partial charge is 0.407 e. The number of nitrogens with one attached hydrogen (secondary N) is 1. The van der Waals surface area contributed by atoms with E-state index in [0.29, 0.717) is 0 Å². The van der Waals surface area contributed by atoms with Crippen molar-refractivity contribution in [2.75, 3.05) is 6.61 Å². The van der Waals surface area contributed by atoms with Crippen LogP contribution in [0.1, 0.15) is 48.5 Å². The Hall–Kier alpha value is -0.813. The van der Waals surface area contributed by atoms with E-state index in [9.17, 15) is 9.90 Å². The van der Waals surface area contributed by atoms with Gasteiger partial charge in [0.2, 0.25) is 0 Å². The summed E-state index contributed by atoms with van der Waals surface area (Å²) in [7, 11) is -1.51. The Kier molecular flexibility index (Phi) is 7.36. The van der Waals surface area contributed by atoms with Gasteiger partial charge in [0.05, 0.1) is 20.7 Å². The van der Waals surface area contributed by atoms with Gasteiger partial charge in [-0.2, -0.15) is 0 Å². The van der Waals surface area contributed by atoms with Crippen LogP contribution in [0, 0.1) is 5.92 Å². The lowest BCUT2D eigenvalue weighted by Crippen LogP contribution is -2.44.